The number of hydrogen-bond acceptors (Lipinski definition) is 5. The molecule has 1 aliphatic heterocycles. The van der Waals surface area contributed by atoms with Gasteiger partial charge < -0.3 is 10.6 Å². The largest absolute Gasteiger partial charge is 0.341 e. The van der Waals surface area contributed by atoms with Gasteiger partial charge in [0.1, 0.15) is 4.47 Å². The van der Waals surface area contributed by atoms with Crippen molar-refractivity contribution in [2.45, 2.75) is 25.4 Å². The summed E-state index contributed by atoms with van der Waals surface area (Å²) < 4.78 is 2.01. The Bertz CT molecular complexity index is 848. The highest BCUT2D eigenvalue weighted by atomic mass is 79.9. The summed E-state index contributed by atoms with van der Waals surface area (Å²) >= 11 is 3.26. The summed E-state index contributed by atoms with van der Waals surface area (Å²) in [6.45, 7) is 1.80. The lowest BCUT2D eigenvalue weighted by Crippen LogP contribution is -2.45. The minimum Gasteiger partial charge on any atom is -0.341 e. The van der Waals surface area contributed by atoms with E-state index in [1.165, 1.54) is 6.20 Å². The van der Waals surface area contributed by atoms with Gasteiger partial charge in [-0.05, 0) is 40.4 Å². The lowest BCUT2D eigenvalue weighted by molar-refractivity contribution is 0.490. The van der Waals surface area contributed by atoms with Crippen molar-refractivity contribution in [1.82, 2.24) is 9.55 Å². The standard InChI is InChI=1S/C17H18BrN5O.ClH/c18-15-9-21-17(22-7-3-6-14(20)11-22)23(16(15)24)10-13-5-2-1-4-12(13)8-19;/h1-2,4-5,9,14H,3,6-7,10-11,20H2;1H/t14-;/m1./s1. The second-order valence-electron chi connectivity index (χ2n) is 5.91. The quantitative estimate of drug-likeness (QED) is 0.816. The van der Waals surface area contributed by atoms with E-state index in [1.807, 2.05) is 18.2 Å². The smallest absolute Gasteiger partial charge is 0.269 e. The molecule has 1 atom stereocenters. The van der Waals surface area contributed by atoms with Gasteiger partial charge in [-0.3, -0.25) is 9.36 Å². The molecule has 0 radical (unpaired) electrons. The van der Waals surface area contributed by atoms with Crippen LogP contribution in [0.2, 0.25) is 0 Å². The molecule has 3 rings (SSSR count). The van der Waals surface area contributed by atoms with Crippen LogP contribution in [-0.4, -0.2) is 28.7 Å². The maximum Gasteiger partial charge on any atom is 0.269 e. The van der Waals surface area contributed by atoms with E-state index in [0.29, 0.717) is 29.1 Å². The van der Waals surface area contributed by atoms with Gasteiger partial charge >= 0.3 is 0 Å². The summed E-state index contributed by atoms with van der Waals surface area (Å²) in [5, 5.41) is 9.28. The third-order valence-electron chi connectivity index (χ3n) is 4.19. The molecular weight excluding hydrogens is 406 g/mol. The van der Waals surface area contributed by atoms with Gasteiger partial charge in [0.2, 0.25) is 5.95 Å². The van der Waals surface area contributed by atoms with Gasteiger partial charge in [-0.15, -0.1) is 12.4 Å². The van der Waals surface area contributed by atoms with Gasteiger partial charge in [0.25, 0.3) is 5.56 Å². The van der Waals surface area contributed by atoms with Crippen molar-refractivity contribution in [3.05, 3.63) is 56.4 Å². The summed E-state index contributed by atoms with van der Waals surface area (Å²) in [4.78, 5) is 19.2. The number of piperidine rings is 1. The zero-order chi connectivity index (χ0) is 17.1. The van der Waals surface area contributed by atoms with Crippen molar-refractivity contribution >= 4 is 34.3 Å². The van der Waals surface area contributed by atoms with Crippen LogP contribution in [0.1, 0.15) is 24.0 Å². The Hall–Kier alpha value is -1.88. The van der Waals surface area contributed by atoms with Crippen LogP contribution in [0.15, 0.2) is 39.7 Å². The molecule has 1 aliphatic rings. The summed E-state index contributed by atoms with van der Waals surface area (Å²) in [6.07, 6.45) is 3.49. The van der Waals surface area contributed by atoms with Gasteiger partial charge in [-0.25, -0.2) is 4.98 Å². The number of aromatic nitrogens is 2. The van der Waals surface area contributed by atoms with Crippen molar-refractivity contribution in [3.63, 3.8) is 0 Å². The highest BCUT2D eigenvalue weighted by Gasteiger charge is 2.22. The van der Waals surface area contributed by atoms with Crippen molar-refractivity contribution in [1.29, 1.82) is 5.26 Å². The molecule has 0 saturated carbocycles. The molecule has 132 valence electrons. The first kappa shape index (κ1) is 19.4. The molecular formula is C17H19BrClN5O. The van der Waals surface area contributed by atoms with E-state index in [0.717, 1.165) is 24.9 Å². The normalized spacial score (nSPS) is 16.8. The molecule has 2 aromatic rings. The Balaban J connectivity index is 0.00000225. The van der Waals surface area contributed by atoms with Crippen molar-refractivity contribution in [2.75, 3.05) is 18.0 Å². The van der Waals surface area contributed by atoms with Crippen molar-refractivity contribution in [3.8, 4) is 6.07 Å². The molecule has 0 unspecified atom stereocenters. The van der Waals surface area contributed by atoms with Crippen molar-refractivity contribution in [2.24, 2.45) is 5.73 Å². The van der Waals surface area contributed by atoms with Crippen LogP contribution in [0.4, 0.5) is 5.95 Å². The van der Waals surface area contributed by atoms with E-state index >= 15 is 0 Å². The molecule has 1 fully saturated rings. The lowest BCUT2D eigenvalue weighted by Gasteiger charge is -2.33. The molecule has 8 heteroatoms. The molecule has 0 spiro atoms. The average Bonchev–Trinajstić information content (AvgIpc) is 2.59. The van der Waals surface area contributed by atoms with Crippen LogP contribution in [-0.2, 0) is 6.54 Å². The Morgan fingerprint density at radius 1 is 1.40 bits per heavy atom. The molecule has 2 N–H and O–H groups in total. The summed E-state index contributed by atoms with van der Waals surface area (Å²) in [6, 6.07) is 9.55. The van der Waals surface area contributed by atoms with Gasteiger partial charge in [0, 0.05) is 19.1 Å². The van der Waals surface area contributed by atoms with E-state index in [-0.39, 0.29) is 24.0 Å². The number of rotatable bonds is 3. The predicted octanol–water partition coefficient (Wildman–Crippen LogP) is 2.28. The number of benzene rings is 1. The van der Waals surface area contributed by atoms with E-state index in [2.05, 4.69) is 31.9 Å². The first-order chi connectivity index (χ1) is 11.6. The maximum atomic E-state index is 12.7. The van der Waals surface area contributed by atoms with Gasteiger partial charge in [0.05, 0.1) is 24.4 Å². The van der Waals surface area contributed by atoms with E-state index in [4.69, 9.17) is 5.73 Å². The summed E-state index contributed by atoms with van der Waals surface area (Å²) in [5.41, 5.74) is 7.27. The Morgan fingerprint density at radius 2 is 2.16 bits per heavy atom. The molecule has 2 heterocycles. The van der Waals surface area contributed by atoms with Crippen LogP contribution in [0.3, 0.4) is 0 Å². The minimum atomic E-state index is -0.160. The number of hydrogen-bond donors (Lipinski definition) is 1. The Labute approximate surface area is 160 Å². The lowest BCUT2D eigenvalue weighted by atomic mass is 10.1. The average molecular weight is 425 g/mol. The van der Waals surface area contributed by atoms with Gasteiger partial charge in [-0.2, -0.15) is 5.26 Å². The number of nitrogens with two attached hydrogens (primary N) is 1. The van der Waals surface area contributed by atoms with E-state index < -0.39 is 0 Å². The number of nitrogens with zero attached hydrogens (tertiary/aromatic N) is 4. The third-order valence-corrected chi connectivity index (χ3v) is 4.74. The second-order valence-corrected chi connectivity index (χ2v) is 6.77. The summed E-state index contributed by atoms with van der Waals surface area (Å²) in [7, 11) is 0. The first-order valence-electron chi connectivity index (χ1n) is 7.84. The van der Waals surface area contributed by atoms with Crippen LogP contribution >= 0.6 is 28.3 Å². The molecule has 1 aromatic heterocycles. The number of anilines is 1. The molecule has 25 heavy (non-hydrogen) atoms. The molecule has 6 nitrogen and oxygen atoms in total. The Kier molecular flexibility index (Phi) is 6.59. The predicted molar refractivity (Wildman–Crippen MR) is 103 cm³/mol. The first-order valence-corrected chi connectivity index (χ1v) is 8.63. The zero-order valence-corrected chi connectivity index (χ0v) is 16.0. The highest BCUT2D eigenvalue weighted by molar-refractivity contribution is 9.10. The topological polar surface area (TPSA) is 87.9 Å². The molecule has 1 saturated heterocycles. The number of nitriles is 1. The van der Waals surface area contributed by atoms with E-state index in [1.54, 1.807) is 10.6 Å². The van der Waals surface area contributed by atoms with Gasteiger partial charge in [-0.1, -0.05) is 18.2 Å². The molecule has 1 aromatic carbocycles. The Morgan fingerprint density at radius 3 is 2.88 bits per heavy atom. The van der Waals surface area contributed by atoms with Crippen LogP contribution in [0, 0.1) is 11.3 Å². The van der Waals surface area contributed by atoms with Crippen LogP contribution in [0.5, 0.6) is 0 Å². The highest BCUT2D eigenvalue weighted by Crippen LogP contribution is 2.19. The van der Waals surface area contributed by atoms with Crippen molar-refractivity contribution < 1.29 is 0 Å². The molecule has 0 aliphatic carbocycles. The van der Waals surface area contributed by atoms with E-state index in [9.17, 15) is 10.1 Å². The van der Waals surface area contributed by atoms with Crippen LogP contribution < -0.4 is 16.2 Å². The minimum absolute atomic E-state index is 0. The fraction of sp³-hybridized carbons (Fsp3) is 0.353. The SMILES string of the molecule is Cl.N#Cc1ccccc1Cn1c(N2CCC[C@@H](N)C2)ncc(Br)c1=O. The summed E-state index contributed by atoms with van der Waals surface area (Å²) in [5.74, 6) is 0.603. The molecule has 0 amide bonds. The zero-order valence-electron chi connectivity index (χ0n) is 13.6. The maximum absolute atomic E-state index is 12.7. The monoisotopic (exact) mass is 423 g/mol. The third kappa shape index (κ3) is 4.21. The fourth-order valence-electron chi connectivity index (χ4n) is 2.98. The van der Waals surface area contributed by atoms with Crippen LogP contribution in [0.25, 0.3) is 0 Å². The fourth-order valence-corrected chi connectivity index (χ4v) is 3.30. The number of halogens is 2. The molecule has 0 bridgehead atoms. The van der Waals surface area contributed by atoms with Gasteiger partial charge in [0.15, 0.2) is 0 Å². The second kappa shape index (κ2) is 8.48.